The first-order valence-electron chi connectivity index (χ1n) is 7.22. The van der Waals surface area contributed by atoms with Crippen molar-refractivity contribution in [2.45, 2.75) is 40.0 Å². The highest BCUT2D eigenvalue weighted by Crippen LogP contribution is 2.31. The first-order chi connectivity index (χ1) is 10.0. The fraction of sp³-hybridized carbons (Fsp3) is 0.389. The number of rotatable bonds is 6. The summed E-state index contributed by atoms with van der Waals surface area (Å²) in [6.07, 6.45) is 5.19. The summed E-state index contributed by atoms with van der Waals surface area (Å²) < 4.78 is 5.06. The van der Waals surface area contributed by atoms with Gasteiger partial charge in [0.05, 0.1) is 0 Å². The highest BCUT2D eigenvalue weighted by Gasteiger charge is 2.19. The third-order valence-corrected chi connectivity index (χ3v) is 3.74. The zero-order valence-corrected chi connectivity index (χ0v) is 13.9. The van der Waals surface area contributed by atoms with Crippen molar-refractivity contribution in [1.82, 2.24) is 0 Å². The maximum Gasteiger partial charge on any atom is 0.403 e. The van der Waals surface area contributed by atoms with Gasteiger partial charge in [0, 0.05) is 17.5 Å². The summed E-state index contributed by atoms with van der Waals surface area (Å²) in [5, 5.41) is 0. The minimum absolute atomic E-state index is 0.0266. The van der Waals surface area contributed by atoms with Crippen molar-refractivity contribution in [3.05, 3.63) is 53.1 Å². The van der Waals surface area contributed by atoms with Gasteiger partial charge in [-0.2, -0.15) is 0 Å². The van der Waals surface area contributed by atoms with E-state index in [1.54, 1.807) is 0 Å². The largest absolute Gasteiger partial charge is 0.453 e. The second kappa shape index (κ2) is 8.68. The lowest BCUT2D eigenvalue weighted by molar-refractivity contribution is 0.169. The molecule has 1 atom stereocenters. The van der Waals surface area contributed by atoms with Crippen LogP contribution in [0, 0.1) is 0 Å². The van der Waals surface area contributed by atoms with Crippen molar-refractivity contribution in [2.75, 3.05) is 6.61 Å². The van der Waals surface area contributed by atoms with E-state index >= 15 is 0 Å². The van der Waals surface area contributed by atoms with Crippen LogP contribution in [-0.4, -0.2) is 12.0 Å². The zero-order valence-electron chi connectivity index (χ0n) is 13.2. The van der Waals surface area contributed by atoms with Gasteiger partial charge in [-0.15, -0.1) is 0 Å². The molecule has 114 valence electrons. The minimum Gasteiger partial charge on any atom is -0.453 e. The number of halogens is 1. The standard InChI is InChI=1S/C18H23ClO2/c1-5-9-14(4)17(12-21-18(19)20)16-11-8-7-10-15(16)13(3)6-2/h6-11,17H,5,12H2,1-4H3/b13-6+,14-9+. The van der Waals surface area contributed by atoms with Crippen molar-refractivity contribution < 1.29 is 9.53 Å². The molecule has 2 nitrogen and oxygen atoms in total. The van der Waals surface area contributed by atoms with Crippen LogP contribution < -0.4 is 0 Å². The summed E-state index contributed by atoms with van der Waals surface area (Å²) in [6, 6.07) is 8.22. The van der Waals surface area contributed by atoms with Gasteiger partial charge in [-0.25, -0.2) is 4.79 Å². The molecule has 0 aliphatic heterocycles. The van der Waals surface area contributed by atoms with E-state index in [4.69, 9.17) is 16.3 Å². The number of carbonyl (C=O) groups excluding carboxylic acids is 1. The van der Waals surface area contributed by atoms with E-state index in [0.29, 0.717) is 0 Å². The molecule has 1 rings (SSSR count). The van der Waals surface area contributed by atoms with E-state index in [2.05, 4.69) is 45.1 Å². The van der Waals surface area contributed by atoms with Crippen LogP contribution in [0.15, 0.2) is 42.0 Å². The van der Waals surface area contributed by atoms with Gasteiger partial charge in [-0.05, 0) is 43.9 Å². The maximum atomic E-state index is 10.9. The molecule has 21 heavy (non-hydrogen) atoms. The molecule has 1 unspecified atom stereocenters. The van der Waals surface area contributed by atoms with Crippen LogP contribution in [0.1, 0.15) is 51.2 Å². The van der Waals surface area contributed by atoms with Crippen LogP contribution in [0.4, 0.5) is 4.79 Å². The van der Waals surface area contributed by atoms with Crippen molar-refractivity contribution in [2.24, 2.45) is 0 Å². The maximum absolute atomic E-state index is 10.9. The number of benzene rings is 1. The Labute approximate surface area is 132 Å². The van der Waals surface area contributed by atoms with Crippen LogP contribution >= 0.6 is 11.6 Å². The molecule has 0 aliphatic carbocycles. The Hall–Kier alpha value is -1.54. The van der Waals surface area contributed by atoms with Gasteiger partial charge >= 0.3 is 5.43 Å². The number of hydrogen-bond donors (Lipinski definition) is 0. The predicted octanol–water partition coefficient (Wildman–Crippen LogP) is 5.93. The zero-order chi connectivity index (χ0) is 15.8. The van der Waals surface area contributed by atoms with E-state index < -0.39 is 5.43 Å². The molecule has 0 spiro atoms. The lowest BCUT2D eigenvalue weighted by atomic mass is 9.86. The Morgan fingerprint density at radius 2 is 2.00 bits per heavy atom. The summed E-state index contributed by atoms with van der Waals surface area (Å²) in [4.78, 5) is 10.9. The predicted molar refractivity (Wildman–Crippen MR) is 89.8 cm³/mol. The van der Waals surface area contributed by atoms with E-state index in [0.717, 1.165) is 12.0 Å². The molecule has 0 saturated carbocycles. The highest BCUT2D eigenvalue weighted by molar-refractivity contribution is 6.61. The monoisotopic (exact) mass is 306 g/mol. The van der Waals surface area contributed by atoms with Gasteiger partial charge in [0.2, 0.25) is 0 Å². The molecular formula is C18H23ClO2. The van der Waals surface area contributed by atoms with Gasteiger partial charge < -0.3 is 4.74 Å². The molecule has 0 fully saturated rings. The molecular weight excluding hydrogens is 284 g/mol. The van der Waals surface area contributed by atoms with Crippen molar-refractivity contribution >= 4 is 22.6 Å². The highest BCUT2D eigenvalue weighted by atomic mass is 35.5. The third-order valence-electron chi connectivity index (χ3n) is 3.63. The molecule has 3 heteroatoms. The van der Waals surface area contributed by atoms with Gasteiger partial charge in [0.25, 0.3) is 0 Å². The van der Waals surface area contributed by atoms with Crippen LogP contribution in [0.5, 0.6) is 0 Å². The quantitative estimate of drug-likeness (QED) is 0.481. The van der Waals surface area contributed by atoms with Crippen LogP contribution in [-0.2, 0) is 4.74 Å². The Kier molecular flexibility index (Phi) is 7.24. The molecule has 1 aromatic rings. The topological polar surface area (TPSA) is 26.3 Å². The summed E-state index contributed by atoms with van der Waals surface area (Å²) in [5.41, 5.74) is 3.97. The number of ether oxygens (including phenoxy) is 1. The fourth-order valence-electron chi connectivity index (χ4n) is 2.40. The molecule has 0 amide bonds. The minimum atomic E-state index is -0.760. The molecule has 0 N–H and O–H groups in total. The molecule has 0 saturated heterocycles. The Bertz CT molecular complexity index is 544. The Morgan fingerprint density at radius 1 is 1.33 bits per heavy atom. The SMILES string of the molecule is C/C=C(\C)c1ccccc1C(COC(=O)Cl)/C(C)=C/CC. The van der Waals surface area contributed by atoms with Gasteiger partial charge in [-0.1, -0.05) is 48.9 Å². The first-order valence-corrected chi connectivity index (χ1v) is 7.60. The summed E-state index contributed by atoms with van der Waals surface area (Å²) in [7, 11) is 0. The normalized spacial score (nSPS) is 14.0. The van der Waals surface area contributed by atoms with E-state index in [9.17, 15) is 4.79 Å². The Balaban J connectivity index is 3.25. The van der Waals surface area contributed by atoms with Gasteiger partial charge in [0.1, 0.15) is 6.61 Å². The summed E-state index contributed by atoms with van der Waals surface area (Å²) in [6.45, 7) is 8.53. The first kappa shape index (κ1) is 17.5. The van der Waals surface area contributed by atoms with Crippen LogP contribution in [0.25, 0.3) is 5.57 Å². The fourth-order valence-corrected chi connectivity index (χ4v) is 2.46. The van der Waals surface area contributed by atoms with E-state index in [1.165, 1.54) is 16.7 Å². The lowest BCUT2D eigenvalue weighted by Gasteiger charge is -2.21. The van der Waals surface area contributed by atoms with Crippen LogP contribution in [0.3, 0.4) is 0 Å². The van der Waals surface area contributed by atoms with Crippen molar-refractivity contribution in [3.63, 3.8) is 0 Å². The second-order valence-corrected chi connectivity index (χ2v) is 5.33. The van der Waals surface area contributed by atoms with Crippen LogP contribution in [0.2, 0.25) is 0 Å². The second-order valence-electron chi connectivity index (χ2n) is 5.02. The summed E-state index contributed by atoms with van der Waals surface area (Å²) in [5.74, 6) is 0.0266. The lowest BCUT2D eigenvalue weighted by Crippen LogP contribution is -2.12. The van der Waals surface area contributed by atoms with E-state index in [1.807, 2.05) is 19.1 Å². The molecule has 0 heterocycles. The molecule has 0 aliphatic rings. The van der Waals surface area contributed by atoms with Crippen molar-refractivity contribution in [1.29, 1.82) is 0 Å². The van der Waals surface area contributed by atoms with Crippen molar-refractivity contribution in [3.8, 4) is 0 Å². The average Bonchev–Trinajstić information content (AvgIpc) is 2.47. The van der Waals surface area contributed by atoms with Gasteiger partial charge in [0.15, 0.2) is 0 Å². The number of carbonyl (C=O) groups is 1. The average molecular weight is 307 g/mol. The van der Waals surface area contributed by atoms with Gasteiger partial charge in [-0.3, -0.25) is 0 Å². The molecule has 1 aromatic carbocycles. The van der Waals surface area contributed by atoms with E-state index in [-0.39, 0.29) is 12.5 Å². The molecule has 0 bridgehead atoms. The smallest absolute Gasteiger partial charge is 0.403 e. The molecule has 0 radical (unpaired) electrons. The Morgan fingerprint density at radius 3 is 2.57 bits per heavy atom. The summed E-state index contributed by atoms with van der Waals surface area (Å²) >= 11 is 5.33. The molecule has 0 aromatic heterocycles. The third kappa shape index (κ3) is 5.05. The number of hydrogen-bond acceptors (Lipinski definition) is 2. The number of allylic oxidation sites excluding steroid dienone is 3.